The molecule has 1 aliphatic rings. The summed E-state index contributed by atoms with van der Waals surface area (Å²) in [6.45, 7) is 0. The molecule has 0 bridgehead atoms. The third-order valence-corrected chi connectivity index (χ3v) is 1.75. The van der Waals surface area contributed by atoms with Crippen molar-refractivity contribution in [2.75, 3.05) is 0 Å². The first kappa shape index (κ1) is 6.87. The summed E-state index contributed by atoms with van der Waals surface area (Å²) in [5, 5.41) is 0. The van der Waals surface area contributed by atoms with E-state index in [2.05, 4.69) is 0 Å². The van der Waals surface area contributed by atoms with Crippen LogP contribution in [0.3, 0.4) is 0 Å². The molecular formula is C3H5N3O3S. The Morgan fingerprint density at radius 1 is 1.40 bits per heavy atom. The fourth-order valence-electron chi connectivity index (χ4n) is 0.513. The van der Waals surface area contributed by atoms with Crippen LogP contribution >= 0.6 is 0 Å². The molecule has 0 aromatic heterocycles. The van der Waals surface area contributed by atoms with E-state index >= 15 is 0 Å². The van der Waals surface area contributed by atoms with Crippen LogP contribution in [0.25, 0.3) is 0 Å². The average molecular weight is 163 g/mol. The Bertz CT molecular complexity index is 290. The average Bonchev–Trinajstić information content (AvgIpc) is 1.54. The van der Waals surface area contributed by atoms with Gasteiger partial charge in [0.2, 0.25) is 0 Å². The van der Waals surface area contributed by atoms with Gasteiger partial charge in [0.1, 0.15) is 5.82 Å². The van der Waals surface area contributed by atoms with Crippen molar-refractivity contribution in [2.45, 2.75) is 0 Å². The van der Waals surface area contributed by atoms with Gasteiger partial charge in [-0.15, -0.1) is 0 Å². The highest BCUT2D eigenvalue weighted by atomic mass is 32.2. The van der Waals surface area contributed by atoms with Gasteiger partial charge < -0.3 is 5.73 Å². The number of nitrogens with one attached hydrogen (secondary N) is 2. The van der Waals surface area contributed by atoms with Crippen LogP contribution in [0.15, 0.2) is 11.9 Å². The van der Waals surface area contributed by atoms with Crippen LogP contribution in [0.4, 0.5) is 0 Å². The molecule has 6 nitrogen and oxygen atoms in total. The van der Waals surface area contributed by atoms with Gasteiger partial charge in [0, 0.05) is 6.08 Å². The fraction of sp³-hybridized carbons (Fsp3) is 0. The molecule has 0 fully saturated rings. The molecule has 1 heterocycles. The van der Waals surface area contributed by atoms with Gasteiger partial charge in [0.15, 0.2) is 0 Å². The summed E-state index contributed by atoms with van der Waals surface area (Å²) in [7, 11) is -3.72. The maximum atomic E-state index is 10.5. The lowest BCUT2D eigenvalue weighted by molar-refractivity contribution is -0.115. The van der Waals surface area contributed by atoms with Crippen LogP contribution in [0.1, 0.15) is 0 Å². The summed E-state index contributed by atoms with van der Waals surface area (Å²) < 4.78 is 24.5. The predicted molar refractivity (Wildman–Crippen MR) is 32.5 cm³/mol. The number of amides is 1. The number of hydrogen-bond acceptors (Lipinski definition) is 4. The van der Waals surface area contributed by atoms with Crippen molar-refractivity contribution in [3.8, 4) is 0 Å². The van der Waals surface area contributed by atoms with Crippen molar-refractivity contribution in [1.29, 1.82) is 0 Å². The van der Waals surface area contributed by atoms with E-state index in [9.17, 15) is 13.2 Å². The molecule has 0 radical (unpaired) electrons. The molecule has 0 aromatic rings. The van der Waals surface area contributed by atoms with Gasteiger partial charge >= 0.3 is 10.2 Å². The molecule has 1 rings (SSSR count). The zero-order chi connectivity index (χ0) is 7.78. The lowest BCUT2D eigenvalue weighted by Crippen LogP contribution is -2.45. The Morgan fingerprint density at radius 2 is 2.00 bits per heavy atom. The van der Waals surface area contributed by atoms with Crippen LogP contribution in [0, 0.1) is 0 Å². The largest absolute Gasteiger partial charge is 0.385 e. The van der Waals surface area contributed by atoms with E-state index in [1.807, 2.05) is 4.72 Å². The monoisotopic (exact) mass is 163 g/mol. The van der Waals surface area contributed by atoms with E-state index in [0.29, 0.717) is 0 Å². The molecule has 0 unspecified atom stereocenters. The van der Waals surface area contributed by atoms with E-state index < -0.39 is 16.1 Å². The third kappa shape index (κ3) is 1.38. The highest BCUT2D eigenvalue weighted by Crippen LogP contribution is 1.90. The Labute approximate surface area is 57.3 Å². The molecule has 10 heavy (non-hydrogen) atoms. The predicted octanol–water partition coefficient (Wildman–Crippen LogP) is -2.25. The highest BCUT2D eigenvalue weighted by Gasteiger charge is 2.18. The van der Waals surface area contributed by atoms with Crippen LogP contribution < -0.4 is 15.2 Å². The minimum absolute atomic E-state index is 0.177. The SMILES string of the molecule is NC1=CC(=O)NS(=O)(=O)N1. The Morgan fingerprint density at radius 3 is 2.40 bits per heavy atom. The van der Waals surface area contributed by atoms with Crippen molar-refractivity contribution in [3.05, 3.63) is 11.9 Å². The maximum absolute atomic E-state index is 10.5. The van der Waals surface area contributed by atoms with E-state index in [-0.39, 0.29) is 5.82 Å². The molecule has 56 valence electrons. The van der Waals surface area contributed by atoms with Gasteiger partial charge in [0.25, 0.3) is 5.91 Å². The standard InChI is InChI=1S/C3H5N3O3S/c4-2-1-3(7)6-10(8,9)5-2/h1,5H,4H2,(H,6,7). The Balaban J connectivity index is 3.02. The summed E-state index contributed by atoms with van der Waals surface area (Å²) in [5.41, 5.74) is 5.01. The van der Waals surface area contributed by atoms with Gasteiger partial charge in [-0.25, -0.2) is 4.72 Å². The number of nitrogens with two attached hydrogens (primary N) is 1. The summed E-state index contributed by atoms with van der Waals surface area (Å²) >= 11 is 0. The van der Waals surface area contributed by atoms with Gasteiger partial charge in [-0.2, -0.15) is 8.42 Å². The number of rotatable bonds is 0. The number of hydrogen-bond donors (Lipinski definition) is 3. The molecular weight excluding hydrogens is 158 g/mol. The number of carbonyl (C=O) groups excluding carboxylic acids is 1. The van der Waals surface area contributed by atoms with Gasteiger partial charge in [-0.05, 0) is 0 Å². The minimum Gasteiger partial charge on any atom is -0.385 e. The summed E-state index contributed by atoms with van der Waals surface area (Å²) in [4.78, 5) is 10.4. The molecule has 0 saturated heterocycles. The van der Waals surface area contributed by atoms with Crippen LogP contribution in [-0.4, -0.2) is 14.3 Å². The van der Waals surface area contributed by atoms with E-state index in [0.717, 1.165) is 6.08 Å². The van der Waals surface area contributed by atoms with Crippen molar-refractivity contribution < 1.29 is 13.2 Å². The van der Waals surface area contributed by atoms with Crippen LogP contribution in [0.2, 0.25) is 0 Å². The highest BCUT2D eigenvalue weighted by molar-refractivity contribution is 7.88. The van der Waals surface area contributed by atoms with Gasteiger partial charge in [-0.3, -0.25) is 9.52 Å². The normalized spacial score (nSPS) is 22.4. The van der Waals surface area contributed by atoms with E-state index in [1.54, 1.807) is 4.72 Å². The minimum atomic E-state index is -3.72. The van der Waals surface area contributed by atoms with Gasteiger partial charge in [0.05, 0.1) is 0 Å². The second-order valence-electron chi connectivity index (χ2n) is 1.67. The molecule has 7 heteroatoms. The van der Waals surface area contributed by atoms with E-state index in [1.165, 1.54) is 0 Å². The summed E-state index contributed by atoms with van der Waals surface area (Å²) in [5.74, 6) is -0.917. The summed E-state index contributed by atoms with van der Waals surface area (Å²) in [6, 6.07) is 0. The van der Waals surface area contributed by atoms with E-state index in [4.69, 9.17) is 5.73 Å². The Hall–Kier alpha value is -1.24. The first-order valence-corrected chi connectivity index (χ1v) is 3.79. The molecule has 1 aliphatic heterocycles. The fourth-order valence-corrected chi connectivity index (χ4v) is 1.26. The maximum Gasteiger partial charge on any atom is 0.325 e. The zero-order valence-corrected chi connectivity index (χ0v) is 5.60. The molecule has 0 aliphatic carbocycles. The van der Waals surface area contributed by atoms with Crippen molar-refractivity contribution in [3.63, 3.8) is 0 Å². The molecule has 0 aromatic carbocycles. The molecule has 0 spiro atoms. The number of carbonyl (C=O) groups is 1. The lowest BCUT2D eigenvalue weighted by atomic mass is 10.5. The molecule has 1 amide bonds. The van der Waals surface area contributed by atoms with Crippen molar-refractivity contribution in [2.24, 2.45) is 5.73 Å². The second kappa shape index (κ2) is 1.87. The second-order valence-corrected chi connectivity index (χ2v) is 3.09. The smallest absolute Gasteiger partial charge is 0.325 e. The van der Waals surface area contributed by atoms with Crippen LogP contribution in [-0.2, 0) is 15.0 Å². The zero-order valence-electron chi connectivity index (χ0n) is 4.79. The molecule has 0 atom stereocenters. The van der Waals surface area contributed by atoms with Crippen molar-refractivity contribution >= 4 is 16.1 Å². The third-order valence-electron chi connectivity index (χ3n) is 0.774. The first-order chi connectivity index (χ1) is 4.49. The Kier molecular flexibility index (Phi) is 1.29. The molecule has 0 saturated carbocycles. The quantitative estimate of drug-likeness (QED) is 0.375. The topological polar surface area (TPSA) is 101 Å². The van der Waals surface area contributed by atoms with Crippen molar-refractivity contribution in [1.82, 2.24) is 9.44 Å². The van der Waals surface area contributed by atoms with Crippen LogP contribution in [0.5, 0.6) is 0 Å². The van der Waals surface area contributed by atoms with Gasteiger partial charge in [-0.1, -0.05) is 0 Å². The first-order valence-electron chi connectivity index (χ1n) is 2.31. The lowest BCUT2D eigenvalue weighted by Gasteiger charge is -2.11. The summed E-state index contributed by atoms with van der Waals surface area (Å²) in [6.07, 6.45) is 0.945. The molecule has 4 N–H and O–H groups in total.